The summed E-state index contributed by atoms with van der Waals surface area (Å²) in [7, 11) is 1.79. The van der Waals surface area contributed by atoms with Gasteiger partial charge in [-0.15, -0.1) is 0 Å². The number of ether oxygens (including phenoxy) is 1. The van der Waals surface area contributed by atoms with Crippen LogP contribution in [-0.2, 0) is 23.1 Å². The highest BCUT2D eigenvalue weighted by Crippen LogP contribution is 2.24. The predicted molar refractivity (Wildman–Crippen MR) is 126 cm³/mol. The zero-order valence-electron chi connectivity index (χ0n) is 19.1. The fraction of sp³-hybridized carbons (Fsp3) is 0.240. The Morgan fingerprint density at radius 1 is 1.09 bits per heavy atom. The summed E-state index contributed by atoms with van der Waals surface area (Å²) in [6, 6.07) is 13.2. The molecule has 33 heavy (non-hydrogen) atoms. The zero-order valence-corrected chi connectivity index (χ0v) is 19.1. The maximum Gasteiger partial charge on any atom is 0.407 e. The number of benzene rings is 2. The molecule has 2 aromatic carbocycles. The van der Waals surface area contributed by atoms with Crippen LogP contribution in [0.2, 0.25) is 0 Å². The van der Waals surface area contributed by atoms with E-state index in [0.717, 1.165) is 22.4 Å². The van der Waals surface area contributed by atoms with Gasteiger partial charge in [0.05, 0.1) is 11.9 Å². The number of alkyl carbamates (subject to hydrolysis) is 1. The van der Waals surface area contributed by atoms with Gasteiger partial charge in [0.2, 0.25) is 5.91 Å². The zero-order chi connectivity index (χ0) is 24.0. The summed E-state index contributed by atoms with van der Waals surface area (Å²) in [6.07, 6.45) is 4.25. The van der Waals surface area contributed by atoms with Crippen LogP contribution in [0, 0.1) is 5.82 Å². The highest BCUT2D eigenvalue weighted by atomic mass is 19.1. The molecule has 1 heterocycles. The number of hydrogen-bond donors (Lipinski definition) is 2. The van der Waals surface area contributed by atoms with Gasteiger partial charge >= 0.3 is 6.09 Å². The maximum absolute atomic E-state index is 13.2. The average Bonchev–Trinajstić information content (AvgIpc) is 3.11. The summed E-state index contributed by atoms with van der Waals surface area (Å²) in [6.45, 7) is 5.72. The van der Waals surface area contributed by atoms with Crippen molar-refractivity contribution in [3.8, 4) is 11.3 Å². The molecule has 172 valence electrons. The number of carbonyl (C=O) groups excluding carboxylic acids is 2. The molecule has 8 heteroatoms. The van der Waals surface area contributed by atoms with Crippen molar-refractivity contribution in [2.45, 2.75) is 32.9 Å². The van der Waals surface area contributed by atoms with Crippen molar-refractivity contribution in [2.24, 2.45) is 7.05 Å². The van der Waals surface area contributed by atoms with Gasteiger partial charge in [-0.2, -0.15) is 5.10 Å². The Kier molecular flexibility index (Phi) is 7.27. The number of carbonyl (C=O) groups is 2. The van der Waals surface area contributed by atoms with Gasteiger partial charge in [0.1, 0.15) is 11.4 Å². The van der Waals surface area contributed by atoms with E-state index < -0.39 is 11.7 Å². The van der Waals surface area contributed by atoms with E-state index in [4.69, 9.17) is 4.74 Å². The van der Waals surface area contributed by atoms with E-state index in [2.05, 4.69) is 15.7 Å². The van der Waals surface area contributed by atoms with Crippen LogP contribution in [0.25, 0.3) is 17.3 Å². The van der Waals surface area contributed by atoms with Crippen LogP contribution in [0.1, 0.15) is 31.9 Å². The van der Waals surface area contributed by atoms with Crippen molar-refractivity contribution in [2.75, 3.05) is 5.32 Å². The Labute approximate surface area is 192 Å². The standard InChI is InChI=1S/C25H27FN4O3/c1-25(2,3)33-24(32)27-15-17-5-12-21(13-6-17)29-22(31)14-9-19-16-28-30(4)23(19)18-7-10-20(26)11-8-18/h5-14,16H,15H2,1-4H3,(H,27,32)(H,29,31). The number of aryl methyl sites for hydroxylation is 1. The third-order valence-electron chi connectivity index (χ3n) is 4.56. The quantitative estimate of drug-likeness (QED) is 0.523. The first-order valence-corrected chi connectivity index (χ1v) is 10.4. The minimum absolute atomic E-state index is 0.302. The first kappa shape index (κ1) is 23.7. The largest absolute Gasteiger partial charge is 0.444 e. The molecule has 3 rings (SSSR count). The highest BCUT2D eigenvalue weighted by Gasteiger charge is 2.15. The second kappa shape index (κ2) is 10.1. The molecule has 2 amide bonds. The van der Waals surface area contributed by atoms with Crippen LogP contribution in [-0.4, -0.2) is 27.4 Å². The van der Waals surface area contributed by atoms with E-state index in [1.165, 1.54) is 18.2 Å². The lowest BCUT2D eigenvalue weighted by Gasteiger charge is -2.19. The Morgan fingerprint density at radius 2 is 1.76 bits per heavy atom. The Bertz CT molecular complexity index is 1140. The Morgan fingerprint density at radius 3 is 2.39 bits per heavy atom. The van der Waals surface area contributed by atoms with E-state index in [-0.39, 0.29) is 11.7 Å². The van der Waals surface area contributed by atoms with Gasteiger partial charge in [-0.1, -0.05) is 12.1 Å². The number of nitrogens with one attached hydrogen (secondary N) is 2. The van der Waals surface area contributed by atoms with Crippen LogP contribution in [0.15, 0.2) is 60.8 Å². The second-order valence-corrected chi connectivity index (χ2v) is 8.45. The monoisotopic (exact) mass is 450 g/mol. The van der Waals surface area contributed by atoms with Gasteiger partial charge in [0.25, 0.3) is 0 Å². The molecule has 0 saturated heterocycles. The minimum Gasteiger partial charge on any atom is -0.444 e. The van der Waals surface area contributed by atoms with Crippen LogP contribution < -0.4 is 10.6 Å². The molecule has 0 atom stereocenters. The lowest BCUT2D eigenvalue weighted by atomic mass is 10.1. The molecule has 0 unspecified atom stereocenters. The molecule has 0 aliphatic carbocycles. The van der Waals surface area contributed by atoms with Gasteiger partial charge in [-0.3, -0.25) is 9.48 Å². The predicted octanol–water partition coefficient (Wildman–Crippen LogP) is 4.90. The summed E-state index contributed by atoms with van der Waals surface area (Å²) in [5.74, 6) is -0.618. The van der Waals surface area contributed by atoms with E-state index in [0.29, 0.717) is 12.2 Å². The summed E-state index contributed by atoms with van der Waals surface area (Å²) in [5.41, 5.74) is 3.25. The van der Waals surface area contributed by atoms with E-state index in [1.807, 2.05) is 12.1 Å². The summed E-state index contributed by atoms with van der Waals surface area (Å²) >= 11 is 0. The molecule has 0 fully saturated rings. The van der Waals surface area contributed by atoms with Crippen molar-refractivity contribution in [1.82, 2.24) is 15.1 Å². The van der Waals surface area contributed by atoms with Crippen molar-refractivity contribution >= 4 is 23.8 Å². The van der Waals surface area contributed by atoms with Crippen LogP contribution in [0.5, 0.6) is 0 Å². The van der Waals surface area contributed by atoms with Crippen LogP contribution >= 0.6 is 0 Å². The van der Waals surface area contributed by atoms with Crippen LogP contribution in [0.4, 0.5) is 14.9 Å². The molecule has 0 radical (unpaired) electrons. The molecule has 0 saturated carbocycles. The topological polar surface area (TPSA) is 85.3 Å². The van der Waals surface area contributed by atoms with Gasteiger partial charge in [-0.25, -0.2) is 9.18 Å². The Hall–Kier alpha value is -3.94. The molecule has 1 aromatic heterocycles. The normalized spacial score (nSPS) is 11.4. The highest BCUT2D eigenvalue weighted by molar-refractivity contribution is 6.02. The van der Waals surface area contributed by atoms with Crippen LogP contribution in [0.3, 0.4) is 0 Å². The number of halogens is 1. The summed E-state index contributed by atoms with van der Waals surface area (Å²) < 4.78 is 20.1. The third-order valence-corrected chi connectivity index (χ3v) is 4.56. The summed E-state index contributed by atoms with van der Waals surface area (Å²) in [5, 5.41) is 9.72. The van der Waals surface area contributed by atoms with Crippen molar-refractivity contribution in [1.29, 1.82) is 0 Å². The first-order chi connectivity index (χ1) is 15.6. The smallest absolute Gasteiger partial charge is 0.407 e. The number of rotatable bonds is 6. The van der Waals surface area contributed by atoms with Crippen molar-refractivity contribution < 1.29 is 18.7 Å². The fourth-order valence-corrected chi connectivity index (χ4v) is 3.08. The number of nitrogens with zero attached hydrogens (tertiary/aromatic N) is 2. The van der Waals surface area contributed by atoms with Gasteiger partial charge in [-0.05, 0) is 68.8 Å². The van der Waals surface area contributed by atoms with Gasteiger partial charge in [0, 0.05) is 36.5 Å². The molecule has 0 spiro atoms. The van der Waals surface area contributed by atoms with Gasteiger partial charge < -0.3 is 15.4 Å². The molecule has 3 aromatic rings. The molecule has 0 aliphatic heterocycles. The fourth-order valence-electron chi connectivity index (χ4n) is 3.08. The van der Waals surface area contributed by atoms with E-state index in [1.54, 1.807) is 69.0 Å². The third kappa shape index (κ3) is 7.03. The number of aromatic nitrogens is 2. The second-order valence-electron chi connectivity index (χ2n) is 8.45. The van der Waals surface area contributed by atoms with Crippen molar-refractivity contribution in [3.63, 3.8) is 0 Å². The number of amides is 2. The van der Waals surface area contributed by atoms with Crippen molar-refractivity contribution in [3.05, 3.63) is 77.7 Å². The molecule has 0 aliphatic rings. The lowest BCUT2D eigenvalue weighted by Crippen LogP contribution is -2.32. The van der Waals surface area contributed by atoms with Gasteiger partial charge in [0.15, 0.2) is 0 Å². The lowest BCUT2D eigenvalue weighted by molar-refractivity contribution is -0.111. The molecule has 7 nitrogen and oxygen atoms in total. The molecule has 0 bridgehead atoms. The molecule has 2 N–H and O–H groups in total. The van der Waals surface area contributed by atoms with E-state index in [9.17, 15) is 14.0 Å². The van der Waals surface area contributed by atoms with E-state index >= 15 is 0 Å². The average molecular weight is 451 g/mol. The minimum atomic E-state index is -0.554. The number of hydrogen-bond acceptors (Lipinski definition) is 4. The summed E-state index contributed by atoms with van der Waals surface area (Å²) in [4.78, 5) is 24.1. The first-order valence-electron chi connectivity index (χ1n) is 10.4. The number of anilines is 1. The maximum atomic E-state index is 13.2. The molecular weight excluding hydrogens is 423 g/mol. The molecular formula is C25H27FN4O3. The SMILES string of the molecule is Cn1ncc(C=CC(=O)Nc2ccc(CNC(=O)OC(C)(C)C)cc2)c1-c1ccc(F)cc1. The Balaban J connectivity index is 1.58.